The maximum absolute atomic E-state index is 9.98. The Morgan fingerprint density at radius 1 is 1.21 bits per heavy atom. The molecule has 0 aliphatic carbocycles. The largest absolute Gasteiger partial charge is 0.395 e. The Morgan fingerprint density at radius 2 is 1.84 bits per heavy atom. The summed E-state index contributed by atoms with van der Waals surface area (Å²) in [5.74, 6) is 0.559. The van der Waals surface area contributed by atoms with E-state index in [1.54, 1.807) is 0 Å². The van der Waals surface area contributed by atoms with Crippen molar-refractivity contribution in [2.45, 2.75) is 57.4 Å². The Kier molecular flexibility index (Phi) is 4.03. The van der Waals surface area contributed by atoms with E-state index in [1.807, 2.05) is 0 Å². The van der Waals surface area contributed by atoms with Crippen molar-refractivity contribution in [2.75, 3.05) is 13.2 Å². The van der Waals surface area contributed by atoms with E-state index in [2.05, 4.69) is 57.3 Å². The topological polar surface area (TPSA) is 32.3 Å². The molecule has 2 rings (SSSR count). The van der Waals surface area contributed by atoms with Crippen LogP contribution in [0.15, 0.2) is 24.3 Å². The second kappa shape index (κ2) is 5.26. The lowest BCUT2D eigenvalue weighted by atomic mass is 9.68. The summed E-state index contributed by atoms with van der Waals surface area (Å²) in [4.78, 5) is 0. The second-order valence-corrected chi connectivity index (χ2v) is 6.95. The van der Waals surface area contributed by atoms with Crippen molar-refractivity contribution in [1.82, 2.24) is 5.32 Å². The predicted octanol–water partition coefficient (Wildman–Crippen LogP) is 3.20. The number of rotatable bonds is 3. The van der Waals surface area contributed by atoms with Crippen LogP contribution in [0.2, 0.25) is 0 Å². The van der Waals surface area contributed by atoms with E-state index in [4.69, 9.17) is 0 Å². The first kappa shape index (κ1) is 14.5. The highest BCUT2D eigenvalue weighted by atomic mass is 16.3. The molecule has 0 bridgehead atoms. The molecule has 1 fully saturated rings. The van der Waals surface area contributed by atoms with Gasteiger partial charge in [0.1, 0.15) is 0 Å². The van der Waals surface area contributed by atoms with Gasteiger partial charge < -0.3 is 10.4 Å². The van der Waals surface area contributed by atoms with Gasteiger partial charge >= 0.3 is 0 Å². The van der Waals surface area contributed by atoms with Crippen LogP contribution in [-0.2, 0) is 5.41 Å². The molecular formula is C17H27NO. The van der Waals surface area contributed by atoms with Gasteiger partial charge in [-0.15, -0.1) is 0 Å². The van der Waals surface area contributed by atoms with Gasteiger partial charge in [0.05, 0.1) is 6.61 Å². The lowest BCUT2D eigenvalue weighted by Gasteiger charge is -2.45. The van der Waals surface area contributed by atoms with Gasteiger partial charge in [-0.1, -0.05) is 38.1 Å². The number of benzene rings is 1. The normalized spacial score (nSPS) is 26.6. The quantitative estimate of drug-likeness (QED) is 0.875. The second-order valence-electron chi connectivity index (χ2n) is 6.95. The minimum absolute atomic E-state index is 0.0791. The van der Waals surface area contributed by atoms with Gasteiger partial charge in [0.2, 0.25) is 0 Å². The van der Waals surface area contributed by atoms with Gasteiger partial charge in [0, 0.05) is 11.0 Å². The zero-order valence-electron chi connectivity index (χ0n) is 12.7. The lowest BCUT2D eigenvalue weighted by molar-refractivity contribution is 0.112. The maximum atomic E-state index is 9.98. The van der Waals surface area contributed by atoms with Crippen molar-refractivity contribution < 1.29 is 5.11 Å². The van der Waals surface area contributed by atoms with E-state index in [0.29, 0.717) is 5.92 Å². The van der Waals surface area contributed by atoms with Crippen LogP contribution in [0.3, 0.4) is 0 Å². The maximum Gasteiger partial charge on any atom is 0.0529 e. The molecule has 1 atom stereocenters. The molecule has 1 aliphatic heterocycles. The van der Waals surface area contributed by atoms with E-state index >= 15 is 0 Å². The summed E-state index contributed by atoms with van der Waals surface area (Å²) >= 11 is 0. The molecule has 1 aliphatic rings. The minimum atomic E-state index is -0.0791. The molecule has 2 N–H and O–H groups in total. The van der Waals surface area contributed by atoms with Crippen LogP contribution in [0.25, 0.3) is 0 Å². The van der Waals surface area contributed by atoms with E-state index in [1.165, 1.54) is 11.1 Å². The standard InChI is InChI=1S/C17H27NO/c1-13(2)14-5-7-15(8-6-14)17(12-19)9-10-18-16(3,4)11-17/h5-8,13,18-19H,9-12H2,1-4H3. The fourth-order valence-electron chi connectivity index (χ4n) is 3.33. The molecule has 1 heterocycles. The third kappa shape index (κ3) is 3.01. The molecule has 1 saturated heterocycles. The number of piperidine rings is 1. The molecule has 0 radical (unpaired) electrons. The van der Waals surface area contributed by atoms with Gasteiger partial charge in [-0.2, -0.15) is 0 Å². The molecule has 19 heavy (non-hydrogen) atoms. The van der Waals surface area contributed by atoms with Crippen LogP contribution in [0, 0.1) is 0 Å². The van der Waals surface area contributed by atoms with Crippen LogP contribution in [0.1, 0.15) is 57.6 Å². The molecule has 106 valence electrons. The van der Waals surface area contributed by atoms with E-state index in [9.17, 15) is 5.11 Å². The van der Waals surface area contributed by atoms with Gasteiger partial charge in [0.25, 0.3) is 0 Å². The summed E-state index contributed by atoms with van der Waals surface area (Å²) in [5, 5.41) is 13.5. The molecule has 0 aromatic heterocycles. The van der Waals surface area contributed by atoms with Gasteiger partial charge in [-0.25, -0.2) is 0 Å². The number of hydrogen-bond donors (Lipinski definition) is 2. The van der Waals surface area contributed by atoms with Crippen molar-refractivity contribution in [3.05, 3.63) is 35.4 Å². The Labute approximate surface area is 117 Å². The van der Waals surface area contributed by atoms with Crippen LogP contribution < -0.4 is 5.32 Å². The summed E-state index contributed by atoms with van der Waals surface area (Å²) in [6, 6.07) is 8.86. The molecule has 1 aromatic carbocycles. The highest BCUT2D eigenvalue weighted by molar-refractivity contribution is 5.32. The Hall–Kier alpha value is -0.860. The zero-order chi connectivity index (χ0) is 14.1. The van der Waals surface area contributed by atoms with Gasteiger partial charge in [-0.05, 0) is 50.3 Å². The summed E-state index contributed by atoms with van der Waals surface area (Å²) in [7, 11) is 0. The third-order valence-electron chi connectivity index (χ3n) is 4.48. The first-order valence-electron chi connectivity index (χ1n) is 7.35. The first-order valence-corrected chi connectivity index (χ1v) is 7.35. The van der Waals surface area contributed by atoms with Crippen LogP contribution in [0.4, 0.5) is 0 Å². The highest BCUT2D eigenvalue weighted by Crippen LogP contribution is 2.39. The smallest absolute Gasteiger partial charge is 0.0529 e. The Balaban J connectivity index is 2.30. The summed E-state index contributed by atoms with van der Waals surface area (Å²) < 4.78 is 0. The van der Waals surface area contributed by atoms with Crippen molar-refractivity contribution in [3.8, 4) is 0 Å². The van der Waals surface area contributed by atoms with E-state index < -0.39 is 0 Å². The Bertz CT molecular complexity index is 421. The van der Waals surface area contributed by atoms with Crippen LogP contribution in [0.5, 0.6) is 0 Å². The fraction of sp³-hybridized carbons (Fsp3) is 0.647. The monoisotopic (exact) mass is 261 g/mol. The molecule has 1 aromatic rings. The molecule has 2 nitrogen and oxygen atoms in total. The Morgan fingerprint density at radius 3 is 2.32 bits per heavy atom. The number of aliphatic hydroxyl groups is 1. The number of nitrogens with one attached hydrogen (secondary N) is 1. The van der Waals surface area contributed by atoms with Crippen molar-refractivity contribution in [2.24, 2.45) is 0 Å². The summed E-state index contributed by atoms with van der Waals surface area (Å²) in [6.07, 6.45) is 1.99. The summed E-state index contributed by atoms with van der Waals surface area (Å²) in [5.41, 5.74) is 2.67. The van der Waals surface area contributed by atoms with E-state index in [-0.39, 0.29) is 17.6 Å². The van der Waals surface area contributed by atoms with Crippen LogP contribution in [-0.4, -0.2) is 23.8 Å². The average Bonchev–Trinajstić information content (AvgIpc) is 2.37. The minimum Gasteiger partial charge on any atom is -0.395 e. The predicted molar refractivity (Wildman–Crippen MR) is 80.6 cm³/mol. The van der Waals surface area contributed by atoms with Gasteiger partial charge in [0.15, 0.2) is 0 Å². The molecule has 0 amide bonds. The van der Waals surface area contributed by atoms with Crippen LogP contribution >= 0.6 is 0 Å². The summed E-state index contributed by atoms with van der Waals surface area (Å²) in [6.45, 7) is 10.1. The molecule has 2 heteroatoms. The highest BCUT2D eigenvalue weighted by Gasteiger charge is 2.40. The third-order valence-corrected chi connectivity index (χ3v) is 4.48. The SMILES string of the molecule is CC(C)c1ccc(C2(CO)CCNC(C)(C)C2)cc1. The number of aliphatic hydroxyl groups excluding tert-OH is 1. The molecule has 1 unspecified atom stereocenters. The first-order chi connectivity index (χ1) is 8.88. The molecule has 0 spiro atoms. The lowest BCUT2D eigenvalue weighted by Crippen LogP contribution is -2.53. The average molecular weight is 261 g/mol. The van der Waals surface area contributed by atoms with Crippen molar-refractivity contribution in [3.63, 3.8) is 0 Å². The van der Waals surface area contributed by atoms with E-state index in [0.717, 1.165) is 19.4 Å². The van der Waals surface area contributed by atoms with Crippen molar-refractivity contribution in [1.29, 1.82) is 0 Å². The number of hydrogen-bond acceptors (Lipinski definition) is 2. The van der Waals surface area contributed by atoms with Gasteiger partial charge in [-0.3, -0.25) is 0 Å². The fourth-order valence-corrected chi connectivity index (χ4v) is 3.33. The molecular weight excluding hydrogens is 234 g/mol. The van der Waals surface area contributed by atoms with Crippen molar-refractivity contribution >= 4 is 0 Å². The zero-order valence-corrected chi connectivity index (χ0v) is 12.7. The molecule has 0 saturated carbocycles.